The molecule has 0 aliphatic heterocycles. The van der Waals surface area contributed by atoms with Gasteiger partial charge in [0, 0.05) is 24.5 Å². The maximum Gasteiger partial charge on any atom is 0.284 e. The molecule has 1 aliphatic carbocycles. The van der Waals surface area contributed by atoms with Gasteiger partial charge in [-0.3, -0.25) is 9.36 Å². The summed E-state index contributed by atoms with van der Waals surface area (Å²) in [6.07, 6.45) is 2.72. The molecular formula is C19H15F2N5O. The molecule has 0 amide bonds. The van der Waals surface area contributed by atoms with E-state index in [2.05, 4.69) is 15.0 Å². The molecule has 0 bridgehead atoms. The molecule has 0 spiro atoms. The lowest BCUT2D eigenvalue weighted by Gasteiger charge is -2.17. The van der Waals surface area contributed by atoms with Gasteiger partial charge in [0.1, 0.15) is 17.6 Å². The van der Waals surface area contributed by atoms with Crippen molar-refractivity contribution in [3.8, 4) is 11.8 Å². The molecule has 0 N–H and O–H groups in total. The third kappa shape index (κ3) is 2.85. The summed E-state index contributed by atoms with van der Waals surface area (Å²) in [5.41, 5.74) is 0.657. The molecule has 3 aromatic rings. The maximum absolute atomic E-state index is 14.1. The highest BCUT2D eigenvalue weighted by atomic mass is 19.3. The molecule has 1 fully saturated rings. The van der Waals surface area contributed by atoms with Crippen molar-refractivity contribution in [2.24, 2.45) is 5.92 Å². The summed E-state index contributed by atoms with van der Waals surface area (Å²) >= 11 is 0. The van der Waals surface area contributed by atoms with Crippen LogP contribution in [0.4, 0.5) is 8.78 Å². The van der Waals surface area contributed by atoms with E-state index in [9.17, 15) is 13.6 Å². The molecular weight excluding hydrogens is 352 g/mol. The molecule has 4 rings (SSSR count). The number of pyridine rings is 2. The van der Waals surface area contributed by atoms with E-state index in [1.165, 1.54) is 30.0 Å². The lowest BCUT2D eigenvalue weighted by molar-refractivity contribution is -0.0309. The molecule has 0 aromatic carbocycles. The van der Waals surface area contributed by atoms with E-state index in [0.717, 1.165) is 0 Å². The SMILES string of the molecule is CC1CC(c2nc3cccnc3c(=O)n2-c2ccc(C#N)nc2)CC1(F)F. The van der Waals surface area contributed by atoms with Crippen LogP contribution in [0.15, 0.2) is 41.5 Å². The van der Waals surface area contributed by atoms with Gasteiger partial charge in [0.2, 0.25) is 0 Å². The predicted molar refractivity (Wildman–Crippen MR) is 93.7 cm³/mol. The first-order chi connectivity index (χ1) is 12.9. The first-order valence-electron chi connectivity index (χ1n) is 8.53. The smallest absolute Gasteiger partial charge is 0.266 e. The van der Waals surface area contributed by atoms with Gasteiger partial charge in [0.25, 0.3) is 11.5 Å². The van der Waals surface area contributed by atoms with Gasteiger partial charge < -0.3 is 0 Å². The monoisotopic (exact) mass is 367 g/mol. The van der Waals surface area contributed by atoms with Crippen LogP contribution in [-0.2, 0) is 0 Å². The zero-order valence-electron chi connectivity index (χ0n) is 14.4. The lowest BCUT2D eigenvalue weighted by atomic mass is 10.0. The summed E-state index contributed by atoms with van der Waals surface area (Å²) in [7, 11) is 0. The van der Waals surface area contributed by atoms with Crippen LogP contribution in [0.2, 0.25) is 0 Å². The summed E-state index contributed by atoms with van der Waals surface area (Å²) in [6.45, 7) is 1.51. The van der Waals surface area contributed by atoms with Crippen LogP contribution in [0.3, 0.4) is 0 Å². The summed E-state index contributed by atoms with van der Waals surface area (Å²) < 4.78 is 29.6. The molecule has 6 nitrogen and oxygen atoms in total. The molecule has 2 unspecified atom stereocenters. The van der Waals surface area contributed by atoms with Gasteiger partial charge >= 0.3 is 0 Å². The second kappa shape index (κ2) is 6.20. The van der Waals surface area contributed by atoms with Crippen molar-refractivity contribution >= 4 is 11.0 Å². The van der Waals surface area contributed by atoms with Crippen molar-refractivity contribution in [3.05, 3.63) is 58.5 Å². The second-order valence-electron chi connectivity index (χ2n) is 6.79. The van der Waals surface area contributed by atoms with Crippen LogP contribution in [0.5, 0.6) is 0 Å². The van der Waals surface area contributed by atoms with E-state index in [0.29, 0.717) is 11.2 Å². The second-order valence-corrected chi connectivity index (χ2v) is 6.79. The van der Waals surface area contributed by atoms with Crippen LogP contribution in [-0.4, -0.2) is 25.4 Å². The zero-order chi connectivity index (χ0) is 19.2. The minimum absolute atomic E-state index is 0.156. The number of aromatic nitrogens is 4. The third-order valence-electron chi connectivity index (χ3n) is 5.02. The van der Waals surface area contributed by atoms with Crippen LogP contribution in [0, 0.1) is 17.2 Å². The molecule has 2 atom stereocenters. The third-order valence-corrected chi connectivity index (χ3v) is 5.02. The molecule has 27 heavy (non-hydrogen) atoms. The van der Waals surface area contributed by atoms with Crippen molar-refractivity contribution < 1.29 is 8.78 Å². The Bertz CT molecular complexity index is 1120. The maximum atomic E-state index is 14.1. The van der Waals surface area contributed by atoms with E-state index in [1.54, 1.807) is 18.2 Å². The Morgan fingerprint density at radius 3 is 2.74 bits per heavy atom. The van der Waals surface area contributed by atoms with E-state index in [1.807, 2.05) is 6.07 Å². The number of alkyl halides is 2. The highest BCUT2D eigenvalue weighted by Gasteiger charge is 2.48. The Morgan fingerprint density at radius 1 is 1.30 bits per heavy atom. The first kappa shape index (κ1) is 17.2. The summed E-state index contributed by atoms with van der Waals surface area (Å²) in [6, 6.07) is 8.24. The molecule has 0 saturated heterocycles. The molecule has 1 saturated carbocycles. The van der Waals surface area contributed by atoms with Gasteiger partial charge in [-0.2, -0.15) is 5.26 Å². The van der Waals surface area contributed by atoms with Gasteiger partial charge in [-0.15, -0.1) is 0 Å². The van der Waals surface area contributed by atoms with Crippen molar-refractivity contribution in [2.45, 2.75) is 31.6 Å². The minimum atomic E-state index is -2.81. The Hall–Kier alpha value is -3.21. The first-order valence-corrected chi connectivity index (χ1v) is 8.53. The van der Waals surface area contributed by atoms with Crippen molar-refractivity contribution in [1.82, 2.24) is 19.5 Å². The van der Waals surface area contributed by atoms with Gasteiger partial charge in [-0.25, -0.2) is 23.7 Å². The zero-order valence-corrected chi connectivity index (χ0v) is 14.4. The van der Waals surface area contributed by atoms with Crippen LogP contribution < -0.4 is 5.56 Å². The average molecular weight is 367 g/mol. The Kier molecular flexibility index (Phi) is 3.95. The molecule has 8 heteroatoms. The normalized spacial score (nSPS) is 21.3. The Balaban J connectivity index is 1.96. The number of halogens is 2. The summed E-state index contributed by atoms with van der Waals surface area (Å²) in [5, 5.41) is 8.92. The fourth-order valence-corrected chi connectivity index (χ4v) is 3.55. The predicted octanol–water partition coefficient (Wildman–Crippen LogP) is 3.20. The quantitative estimate of drug-likeness (QED) is 0.694. The number of nitrogens with zero attached hydrogens (tertiary/aromatic N) is 5. The molecule has 3 heterocycles. The molecule has 1 aliphatic rings. The Labute approximate surface area is 153 Å². The number of rotatable bonds is 2. The van der Waals surface area contributed by atoms with Gasteiger partial charge in [-0.1, -0.05) is 6.92 Å². The van der Waals surface area contributed by atoms with Crippen LogP contribution >= 0.6 is 0 Å². The van der Waals surface area contributed by atoms with Crippen LogP contribution in [0.25, 0.3) is 16.7 Å². The number of fused-ring (bicyclic) bond motifs is 1. The highest BCUT2D eigenvalue weighted by Crippen LogP contribution is 2.47. The molecule has 0 radical (unpaired) electrons. The van der Waals surface area contributed by atoms with E-state index >= 15 is 0 Å². The van der Waals surface area contributed by atoms with Gasteiger partial charge in [0.15, 0.2) is 5.52 Å². The number of hydrogen-bond acceptors (Lipinski definition) is 5. The highest BCUT2D eigenvalue weighted by molar-refractivity contribution is 5.73. The van der Waals surface area contributed by atoms with Crippen LogP contribution in [0.1, 0.15) is 37.2 Å². The van der Waals surface area contributed by atoms with Crippen molar-refractivity contribution in [3.63, 3.8) is 0 Å². The topological polar surface area (TPSA) is 84.5 Å². The van der Waals surface area contributed by atoms with E-state index in [4.69, 9.17) is 5.26 Å². The molecule has 136 valence electrons. The Morgan fingerprint density at radius 2 is 2.11 bits per heavy atom. The van der Waals surface area contributed by atoms with E-state index in [-0.39, 0.29) is 29.9 Å². The molecule has 3 aromatic heterocycles. The van der Waals surface area contributed by atoms with E-state index < -0.39 is 23.3 Å². The lowest BCUT2D eigenvalue weighted by Crippen LogP contribution is -2.26. The minimum Gasteiger partial charge on any atom is -0.266 e. The fraction of sp³-hybridized carbons (Fsp3) is 0.316. The standard InChI is InChI=1S/C19H15F2N5O/c1-11-7-12(8-19(11,20)21)17-25-15-3-2-6-23-16(15)18(27)26(17)14-5-4-13(9-22)24-10-14/h2-6,10-12H,7-8H2,1H3. The summed E-state index contributed by atoms with van der Waals surface area (Å²) in [4.78, 5) is 25.7. The largest absolute Gasteiger partial charge is 0.284 e. The van der Waals surface area contributed by atoms with Gasteiger partial charge in [0.05, 0.1) is 17.4 Å². The summed E-state index contributed by atoms with van der Waals surface area (Å²) in [5.74, 6) is -3.89. The average Bonchev–Trinajstić information content (AvgIpc) is 2.94. The van der Waals surface area contributed by atoms with Crippen molar-refractivity contribution in [1.29, 1.82) is 5.26 Å². The number of nitriles is 1. The number of hydrogen-bond donors (Lipinski definition) is 0. The van der Waals surface area contributed by atoms with Gasteiger partial charge in [-0.05, 0) is 30.7 Å². The van der Waals surface area contributed by atoms with Crippen molar-refractivity contribution in [2.75, 3.05) is 0 Å². The fourth-order valence-electron chi connectivity index (χ4n) is 3.55.